The number of aromatic amines is 1. The van der Waals surface area contributed by atoms with Crippen LogP contribution < -0.4 is 27.1 Å². The Morgan fingerprint density at radius 3 is 1.43 bits per heavy atom. The Labute approximate surface area is 466 Å². The fourth-order valence-electron chi connectivity index (χ4n) is 6.48. The molecular formula is C56H50BBrF4N14O4. The Bertz CT molecular complexity index is 3550. The molecule has 18 nitrogen and oxygen atoms in total. The van der Waals surface area contributed by atoms with Crippen molar-refractivity contribution in [3.8, 4) is 22.8 Å². The number of para-hydroxylation sites is 6. The van der Waals surface area contributed by atoms with Crippen LogP contribution in [-0.4, -0.2) is 86.8 Å². The van der Waals surface area contributed by atoms with E-state index in [2.05, 4.69) is 77.6 Å². The summed E-state index contributed by atoms with van der Waals surface area (Å²) in [4.78, 5) is 7.91. The number of nitrogen functional groups attached to an aromatic ring is 1. The molecule has 24 heteroatoms. The van der Waals surface area contributed by atoms with E-state index in [1.807, 2.05) is 60.7 Å². The fourth-order valence-corrected chi connectivity index (χ4v) is 6.48. The third-order valence-corrected chi connectivity index (χ3v) is 10.4. The van der Waals surface area contributed by atoms with Gasteiger partial charge in [0, 0.05) is 56.3 Å². The number of alkyl halides is 1. The minimum Gasteiger partial charge on any atom is -0.423 e. The largest absolute Gasteiger partial charge is 0.488 e. The standard InChI is InChI=1S/C15H14FN5O.C13H10FN5.C13H9FN2.C7H6N2.C6H6BFO2.C2H5BrO/c16-11-4-3-5-12(10-11)17-14-7-2-1-6-13(14)15-18-20-21(19-15)8-9-22;14-9-4-3-5-10(8-9)15-12-7-2-1-6-11(12)13-16-18-19-17-13;1-15-12-7-2-3-8-13(12)16-11-6-4-5-10(14)9-11;1-9-7-5-3-2-4-6(7)8;8-6-3-1-2-5(4-6)7(9)10;3-1-2-4/h1-7,10,17,22H,8-9H2;1-8,15H,(H,16,17,18,19);2-9,16H;2-5H,8H2;1-4,9-10H;4H,1-2H2. The molecule has 0 aliphatic carbocycles. The maximum Gasteiger partial charge on any atom is 0.488 e. The molecule has 0 bridgehead atoms. The summed E-state index contributed by atoms with van der Waals surface area (Å²) in [5, 5.41) is 69.7. The van der Waals surface area contributed by atoms with E-state index >= 15 is 0 Å². The average molecular weight is 1150 g/mol. The number of H-pyrrole nitrogens is 1. The van der Waals surface area contributed by atoms with Crippen molar-refractivity contribution < 1.29 is 37.8 Å². The summed E-state index contributed by atoms with van der Waals surface area (Å²) in [6, 6.07) is 52.9. The van der Waals surface area contributed by atoms with Crippen LogP contribution in [0.15, 0.2) is 194 Å². The van der Waals surface area contributed by atoms with Gasteiger partial charge < -0.3 is 41.9 Å². The lowest BCUT2D eigenvalue weighted by atomic mass is 9.80. The Kier molecular flexibility index (Phi) is 25.5. The van der Waals surface area contributed by atoms with Crippen LogP contribution in [0.1, 0.15) is 0 Å². The maximum absolute atomic E-state index is 13.3. The molecule has 0 saturated heterocycles. The highest BCUT2D eigenvalue weighted by Crippen LogP contribution is 2.30. The van der Waals surface area contributed by atoms with Crippen LogP contribution in [0.4, 0.5) is 68.7 Å². The van der Waals surface area contributed by atoms with E-state index in [-0.39, 0.29) is 42.7 Å². The van der Waals surface area contributed by atoms with Crippen molar-refractivity contribution in [2.75, 3.05) is 40.2 Å². The van der Waals surface area contributed by atoms with Gasteiger partial charge in [-0.05, 0) is 113 Å². The van der Waals surface area contributed by atoms with Gasteiger partial charge in [0.2, 0.25) is 23.0 Å². The first-order valence-electron chi connectivity index (χ1n) is 23.7. The van der Waals surface area contributed by atoms with Crippen LogP contribution >= 0.6 is 15.9 Å². The van der Waals surface area contributed by atoms with Gasteiger partial charge in [0.15, 0.2) is 0 Å². The average Bonchev–Trinajstić information content (AvgIpc) is 4.19. The first-order valence-corrected chi connectivity index (χ1v) is 24.8. The molecule has 10 rings (SSSR count). The second kappa shape index (κ2) is 33.4. The van der Waals surface area contributed by atoms with Gasteiger partial charge >= 0.3 is 7.12 Å². The normalized spacial score (nSPS) is 9.79. The number of aliphatic hydroxyl groups is 2. The van der Waals surface area contributed by atoms with Crippen molar-refractivity contribution in [1.29, 1.82) is 0 Å². The zero-order valence-electron chi connectivity index (χ0n) is 42.2. The lowest BCUT2D eigenvalue weighted by Gasteiger charge is -2.09. The molecular weight excluding hydrogens is 1100 g/mol. The number of tetrazole rings is 2. The maximum atomic E-state index is 13.3. The number of nitrogens with zero attached hydrogens (tertiary/aromatic N) is 9. The van der Waals surface area contributed by atoms with Crippen molar-refractivity contribution in [3.05, 3.63) is 240 Å². The van der Waals surface area contributed by atoms with E-state index in [0.29, 0.717) is 56.8 Å². The highest BCUT2D eigenvalue weighted by atomic mass is 79.9. The highest BCUT2D eigenvalue weighted by molar-refractivity contribution is 9.09. The number of anilines is 7. The molecule has 0 saturated carbocycles. The van der Waals surface area contributed by atoms with Gasteiger partial charge in [0.25, 0.3) is 0 Å². The van der Waals surface area contributed by atoms with Gasteiger partial charge in [0.05, 0.1) is 32.9 Å². The number of hydrogen-bond donors (Lipinski definition) is 9. The first-order chi connectivity index (χ1) is 38.8. The molecule has 0 fully saturated rings. The number of hydrogen-bond acceptors (Lipinski definition) is 14. The van der Waals surface area contributed by atoms with Crippen LogP contribution in [0, 0.1) is 36.4 Å². The van der Waals surface area contributed by atoms with E-state index < -0.39 is 12.9 Å². The van der Waals surface area contributed by atoms with Crippen molar-refractivity contribution in [2.45, 2.75) is 6.54 Å². The Hall–Kier alpha value is -9.82. The second-order valence-corrected chi connectivity index (χ2v) is 16.6. The van der Waals surface area contributed by atoms with Crippen LogP contribution in [-0.2, 0) is 6.54 Å². The third-order valence-electron chi connectivity index (χ3n) is 10.1. The molecule has 0 aliphatic rings. The van der Waals surface area contributed by atoms with Gasteiger partial charge in [-0.1, -0.05) is 113 Å². The Morgan fingerprint density at radius 2 is 1.00 bits per heavy atom. The molecule has 0 radical (unpaired) electrons. The fraction of sp³-hybridized carbons (Fsp3) is 0.0714. The predicted molar refractivity (Wildman–Crippen MR) is 306 cm³/mol. The van der Waals surface area contributed by atoms with Gasteiger partial charge in [-0.3, -0.25) is 0 Å². The monoisotopic (exact) mass is 1150 g/mol. The molecule has 8 aromatic carbocycles. The lowest BCUT2D eigenvalue weighted by molar-refractivity contribution is 0.259. The summed E-state index contributed by atoms with van der Waals surface area (Å²) in [5.41, 5.74) is 12.9. The quantitative estimate of drug-likeness (QED) is 0.0182. The molecule has 10 aromatic rings. The number of aromatic nitrogens is 8. The van der Waals surface area contributed by atoms with Crippen molar-refractivity contribution in [1.82, 2.24) is 40.8 Å². The summed E-state index contributed by atoms with van der Waals surface area (Å²) in [6.07, 6.45) is 0. The number of benzene rings is 8. The SMILES string of the molecule is Fc1cccc(Nc2ccccc2-c2nn[nH]n2)c1.OB(O)c1cccc(F)c1.OCCBr.OCCn1nnc(-c2ccccc2Nc2cccc(F)c2)n1.[C-]#[N+]c1ccccc1N.[C-]#[N+]c1ccccc1Nc1cccc(F)c1. The number of nitrogens with two attached hydrogens (primary N) is 1. The van der Waals surface area contributed by atoms with Crippen LogP contribution in [0.25, 0.3) is 32.5 Å². The molecule has 0 amide bonds. The summed E-state index contributed by atoms with van der Waals surface area (Å²) < 4.78 is 51.7. The summed E-state index contributed by atoms with van der Waals surface area (Å²) >= 11 is 3.00. The van der Waals surface area contributed by atoms with Crippen LogP contribution in [0.5, 0.6) is 0 Å². The minimum atomic E-state index is -1.59. The molecule has 0 spiro atoms. The number of halogens is 5. The first kappa shape index (κ1) is 61.0. The van der Waals surface area contributed by atoms with Crippen molar-refractivity contribution in [3.63, 3.8) is 0 Å². The number of rotatable bonds is 12. The Morgan fingerprint density at radius 1 is 0.550 bits per heavy atom. The summed E-state index contributed by atoms with van der Waals surface area (Å²) in [6.45, 7) is 14.1. The van der Waals surface area contributed by atoms with Crippen LogP contribution in [0.2, 0.25) is 0 Å². The molecule has 0 atom stereocenters. The lowest BCUT2D eigenvalue weighted by Crippen LogP contribution is -2.29. The van der Waals surface area contributed by atoms with Crippen molar-refractivity contribution >= 4 is 79.7 Å². The minimum absolute atomic E-state index is 0.0566. The highest BCUT2D eigenvalue weighted by Gasteiger charge is 2.13. The van der Waals surface area contributed by atoms with Gasteiger partial charge in [-0.15, -0.1) is 20.4 Å². The van der Waals surface area contributed by atoms with E-state index in [9.17, 15) is 17.6 Å². The molecule has 0 aliphatic heterocycles. The van der Waals surface area contributed by atoms with E-state index in [0.717, 1.165) is 28.6 Å². The van der Waals surface area contributed by atoms with Gasteiger partial charge in [0.1, 0.15) is 23.3 Å². The van der Waals surface area contributed by atoms with Crippen LogP contribution in [0.3, 0.4) is 0 Å². The topological polar surface area (TPSA) is 250 Å². The van der Waals surface area contributed by atoms with Crippen molar-refractivity contribution in [2.24, 2.45) is 0 Å². The van der Waals surface area contributed by atoms with Gasteiger partial charge in [-0.25, -0.2) is 27.3 Å². The Balaban J connectivity index is 0.000000187. The number of aliphatic hydroxyl groups excluding tert-OH is 2. The number of nitrogens with one attached hydrogen (secondary N) is 4. The smallest absolute Gasteiger partial charge is 0.423 e. The molecule has 10 N–H and O–H groups in total. The zero-order valence-corrected chi connectivity index (χ0v) is 43.7. The molecule has 2 heterocycles. The second-order valence-electron chi connectivity index (χ2n) is 15.8. The molecule has 406 valence electrons. The van der Waals surface area contributed by atoms with Gasteiger partial charge in [-0.2, -0.15) is 10.0 Å². The van der Waals surface area contributed by atoms with E-state index in [1.165, 1.54) is 59.4 Å². The van der Waals surface area contributed by atoms with E-state index in [1.54, 1.807) is 72.8 Å². The molecule has 2 aromatic heterocycles. The predicted octanol–water partition coefficient (Wildman–Crippen LogP) is 10.8. The molecule has 80 heavy (non-hydrogen) atoms. The zero-order chi connectivity index (χ0) is 57.5. The summed E-state index contributed by atoms with van der Waals surface area (Å²) in [7, 11) is -1.59. The summed E-state index contributed by atoms with van der Waals surface area (Å²) in [5.74, 6) is -0.445. The molecule has 0 unspecified atom stereocenters. The third kappa shape index (κ3) is 20.6. The van der Waals surface area contributed by atoms with E-state index in [4.69, 9.17) is 39.1 Å².